The van der Waals surface area contributed by atoms with Gasteiger partial charge in [0.1, 0.15) is 11.5 Å². The summed E-state index contributed by atoms with van der Waals surface area (Å²) < 4.78 is 25.3. The topological polar surface area (TPSA) is 62.0 Å². The SMILES string of the molecule is CCN(CC)c1onc(-c2ccccc2)c1CN(Cc1ccccc1F)CC(O)COC. The Morgan fingerprint density at radius 1 is 1.03 bits per heavy atom. The summed E-state index contributed by atoms with van der Waals surface area (Å²) in [4.78, 5) is 4.12. The molecule has 0 amide bonds. The summed E-state index contributed by atoms with van der Waals surface area (Å²) in [5, 5.41) is 14.8. The second-order valence-electron chi connectivity index (χ2n) is 7.72. The summed E-state index contributed by atoms with van der Waals surface area (Å²) in [6.07, 6.45) is -0.705. The van der Waals surface area contributed by atoms with Gasteiger partial charge in [-0.1, -0.05) is 53.7 Å². The molecule has 0 fully saturated rings. The number of nitrogens with zero attached hydrogens (tertiary/aromatic N) is 3. The van der Waals surface area contributed by atoms with Crippen molar-refractivity contribution in [3.63, 3.8) is 0 Å². The molecule has 3 rings (SSSR count). The van der Waals surface area contributed by atoms with Crippen LogP contribution >= 0.6 is 0 Å². The number of aromatic nitrogens is 1. The second-order valence-corrected chi connectivity index (χ2v) is 7.72. The summed E-state index contributed by atoms with van der Waals surface area (Å²) >= 11 is 0. The van der Waals surface area contributed by atoms with Crippen LogP contribution in [0.1, 0.15) is 25.0 Å². The molecule has 1 unspecified atom stereocenters. The van der Waals surface area contributed by atoms with E-state index in [4.69, 9.17) is 9.26 Å². The van der Waals surface area contributed by atoms with E-state index in [2.05, 4.69) is 23.9 Å². The predicted octanol–water partition coefficient (Wildman–Crippen LogP) is 4.34. The number of hydrogen-bond donors (Lipinski definition) is 1. The molecule has 0 spiro atoms. The van der Waals surface area contributed by atoms with Gasteiger partial charge in [-0.25, -0.2) is 4.39 Å². The molecule has 6 nitrogen and oxygen atoms in total. The third-order valence-corrected chi connectivity index (χ3v) is 5.43. The summed E-state index contributed by atoms with van der Waals surface area (Å²) in [5.41, 5.74) is 3.19. The van der Waals surface area contributed by atoms with Crippen molar-refractivity contribution in [3.8, 4) is 11.3 Å². The predicted molar refractivity (Wildman–Crippen MR) is 124 cm³/mol. The quantitative estimate of drug-likeness (QED) is 0.451. The zero-order valence-electron chi connectivity index (χ0n) is 19.0. The Kier molecular flexibility index (Phi) is 8.79. The first-order valence-electron chi connectivity index (χ1n) is 11.0. The van der Waals surface area contributed by atoms with Gasteiger partial charge in [-0.2, -0.15) is 0 Å². The van der Waals surface area contributed by atoms with E-state index < -0.39 is 6.10 Å². The molecule has 0 saturated heterocycles. The maximum Gasteiger partial charge on any atom is 0.232 e. The van der Waals surface area contributed by atoms with Crippen LogP contribution in [0.2, 0.25) is 0 Å². The van der Waals surface area contributed by atoms with Crippen LogP contribution < -0.4 is 4.90 Å². The lowest BCUT2D eigenvalue weighted by atomic mass is 10.1. The highest BCUT2D eigenvalue weighted by molar-refractivity contribution is 5.68. The van der Waals surface area contributed by atoms with Gasteiger partial charge in [0, 0.05) is 51.0 Å². The summed E-state index contributed by atoms with van der Waals surface area (Å²) in [6.45, 7) is 6.97. The third-order valence-electron chi connectivity index (χ3n) is 5.43. The first kappa shape index (κ1) is 23.9. The van der Waals surface area contributed by atoms with Crippen LogP contribution in [-0.4, -0.2) is 54.6 Å². The Bertz CT molecular complexity index is 960. The summed E-state index contributed by atoms with van der Waals surface area (Å²) in [7, 11) is 1.55. The molecule has 0 aliphatic rings. The number of benzene rings is 2. The molecule has 3 aromatic rings. The van der Waals surface area contributed by atoms with E-state index in [1.807, 2.05) is 41.3 Å². The lowest BCUT2D eigenvalue weighted by Crippen LogP contribution is -2.35. The zero-order chi connectivity index (χ0) is 22.9. The Hall–Kier alpha value is -2.74. The largest absolute Gasteiger partial charge is 0.389 e. The highest BCUT2D eigenvalue weighted by Gasteiger charge is 2.25. The molecular formula is C25H32FN3O3. The number of methoxy groups -OCH3 is 1. The molecule has 0 radical (unpaired) electrons. The first-order chi connectivity index (χ1) is 15.6. The number of ether oxygens (including phenoxy) is 1. The highest BCUT2D eigenvalue weighted by Crippen LogP contribution is 2.33. The van der Waals surface area contributed by atoms with Crippen LogP contribution in [0.15, 0.2) is 59.1 Å². The molecule has 2 aromatic carbocycles. The van der Waals surface area contributed by atoms with Crippen molar-refractivity contribution in [2.75, 3.05) is 38.3 Å². The zero-order valence-corrected chi connectivity index (χ0v) is 19.0. The second kappa shape index (κ2) is 11.8. The highest BCUT2D eigenvalue weighted by atomic mass is 19.1. The molecular weight excluding hydrogens is 409 g/mol. The normalized spacial score (nSPS) is 12.3. The number of aliphatic hydroxyl groups is 1. The van der Waals surface area contributed by atoms with Gasteiger partial charge in [-0.05, 0) is 19.9 Å². The average molecular weight is 442 g/mol. The molecule has 7 heteroatoms. The van der Waals surface area contributed by atoms with Gasteiger partial charge < -0.3 is 19.3 Å². The monoisotopic (exact) mass is 441 g/mol. The molecule has 1 atom stereocenters. The van der Waals surface area contributed by atoms with Gasteiger partial charge in [0.15, 0.2) is 0 Å². The van der Waals surface area contributed by atoms with E-state index in [1.54, 1.807) is 19.2 Å². The van der Waals surface area contributed by atoms with Gasteiger partial charge in [0.05, 0.1) is 18.3 Å². The summed E-state index contributed by atoms with van der Waals surface area (Å²) in [6, 6.07) is 16.6. The van der Waals surface area contributed by atoms with Crippen LogP contribution in [0.5, 0.6) is 0 Å². The third kappa shape index (κ3) is 5.94. The van der Waals surface area contributed by atoms with Crippen LogP contribution in [0.3, 0.4) is 0 Å². The van der Waals surface area contributed by atoms with E-state index in [-0.39, 0.29) is 12.4 Å². The molecule has 1 N–H and O–H groups in total. The molecule has 0 aliphatic carbocycles. The number of rotatable bonds is 12. The molecule has 0 aliphatic heterocycles. The molecule has 1 heterocycles. The number of halogens is 1. The van der Waals surface area contributed by atoms with Crippen LogP contribution in [-0.2, 0) is 17.8 Å². The van der Waals surface area contributed by atoms with Crippen molar-refractivity contribution in [3.05, 3.63) is 71.5 Å². The van der Waals surface area contributed by atoms with Gasteiger partial charge in [-0.15, -0.1) is 0 Å². The fraction of sp³-hybridized carbons (Fsp3) is 0.400. The smallest absolute Gasteiger partial charge is 0.232 e. The Morgan fingerprint density at radius 2 is 1.72 bits per heavy atom. The van der Waals surface area contributed by atoms with E-state index in [0.717, 1.165) is 29.9 Å². The maximum absolute atomic E-state index is 14.4. The Balaban J connectivity index is 1.99. The number of aliphatic hydroxyl groups excluding tert-OH is 1. The lowest BCUT2D eigenvalue weighted by molar-refractivity contribution is 0.0336. The molecule has 172 valence electrons. The van der Waals surface area contributed by atoms with Gasteiger partial charge in [0.25, 0.3) is 0 Å². The van der Waals surface area contributed by atoms with Crippen LogP contribution in [0.25, 0.3) is 11.3 Å². The van der Waals surface area contributed by atoms with Gasteiger partial charge in [0.2, 0.25) is 5.88 Å². The van der Waals surface area contributed by atoms with Crippen LogP contribution in [0.4, 0.5) is 10.3 Å². The van der Waals surface area contributed by atoms with Crippen molar-refractivity contribution in [1.29, 1.82) is 0 Å². The molecule has 0 saturated carbocycles. The van der Waals surface area contributed by atoms with Crippen molar-refractivity contribution < 1.29 is 18.8 Å². The number of anilines is 1. The number of hydrogen-bond acceptors (Lipinski definition) is 6. The summed E-state index contributed by atoms with van der Waals surface area (Å²) in [5.74, 6) is 0.435. The van der Waals surface area contributed by atoms with Gasteiger partial charge in [-0.3, -0.25) is 4.90 Å². The Labute approximate surface area is 189 Å². The van der Waals surface area contributed by atoms with E-state index in [0.29, 0.717) is 31.1 Å². The first-order valence-corrected chi connectivity index (χ1v) is 11.0. The average Bonchev–Trinajstić information content (AvgIpc) is 3.20. The molecule has 1 aromatic heterocycles. The van der Waals surface area contributed by atoms with E-state index in [9.17, 15) is 9.50 Å². The van der Waals surface area contributed by atoms with Crippen LogP contribution in [0, 0.1) is 5.82 Å². The fourth-order valence-corrected chi connectivity index (χ4v) is 3.84. The lowest BCUT2D eigenvalue weighted by Gasteiger charge is -2.26. The minimum atomic E-state index is -0.705. The van der Waals surface area contributed by atoms with Crippen molar-refractivity contribution in [2.24, 2.45) is 0 Å². The van der Waals surface area contributed by atoms with Crippen molar-refractivity contribution in [1.82, 2.24) is 10.1 Å². The standard InChI is InChI=1S/C25H32FN3O3/c1-4-29(5-2)25-22(24(27-32-25)19-11-7-6-8-12-19)17-28(16-21(30)18-31-3)15-20-13-9-10-14-23(20)26/h6-14,21,30H,4-5,15-18H2,1-3H3. The van der Waals surface area contributed by atoms with Crippen molar-refractivity contribution >= 4 is 5.88 Å². The Morgan fingerprint density at radius 3 is 2.38 bits per heavy atom. The minimum absolute atomic E-state index is 0.200. The van der Waals surface area contributed by atoms with Crippen molar-refractivity contribution in [2.45, 2.75) is 33.0 Å². The van der Waals surface area contributed by atoms with Gasteiger partial charge >= 0.3 is 0 Å². The fourth-order valence-electron chi connectivity index (χ4n) is 3.84. The minimum Gasteiger partial charge on any atom is -0.389 e. The van der Waals surface area contributed by atoms with E-state index in [1.165, 1.54) is 6.07 Å². The maximum atomic E-state index is 14.4. The molecule has 0 bridgehead atoms. The van der Waals surface area contributed by atoms with E-state index >= 15 is 0 Å². The molecule has 32 heavy (non-hydrogen) atoms.